The first-order chi connectivity index (χ1) is 12.3. The minimum atomic E-state index is -0.198. The maximum atomic E-state index is 12.8. The zero-order chi connectivity index (χ0) is 17.2. The minimum Gasteiger partial charge on any atom is -0.481 e. The standard InChI is InChI=1S/C18H17N5O2/c1-25-15-6-5-12(8-21-15)23-18(24)13-9-20-14-4-2-3-11-7-19-10-22-17(11)16(13)14/h5-10,20H,2-4H2,1H3,(H,23,24). The number of methoxy groups -OCH3 is 1. The van der Waals surface area contributed by atoms with Gasteiger partial charge in [-0.05, 0) is 30.9 Å². The van der Waals surface area contributed by atoms with E-state index in [1.165, 1.54) is 6.33 Å². The van der Waals surface area contributed by atoms with Crippen molar-refractivity contribution in [2.75, 3.05) is 12.4 Å². The van der Waals surface area contributed by atoms with Crippen LogP contribution in [0.2, 0.25) is 0 Å². The summed E-state index contributed by atoms with van der Waals surface area (Å²) in [6.07, 6.45) is 9.45. The number of anilines is 1. The van der Waals surface area contributed by atoms with Gasteiger partial charge in [0.1, 0.15) is 6.33 Å². The summed E-state index contributed by atoms with van der Waals surface area (Å²) in [5, 5.41) is 2.88. The van der Waals surface area contributed by atoms with Crippen LogP contribution in [0.4, 0.5) is 5.69 Å². The normalized spacial score (nSPS) is 12.7. The fourth-order valence-electron chi connectivity index (χ4n) is 3.11. The van der Waals surface area contributed by atoms with Gasteiger partial charge in [-0.15, -0.1) is 0 Å². The molecule has 4 rings (SSSR count). The van der Waals surface area contributed by atoms with Crippen LogP contribution in [0.1, 0.15) is 28.0 Å². The highest BCUT2D eigenvalue weighted by Crippen LogP contribution is 2.33. The Labute approximate surface area is 144 Å². The lowest BCUT2D eigenvalue weighted by Gasteiger charge is -2.08. The number of pyridine rings is 1. The van der Waals surface area contributed by atoms with E-state index in [1.54, 1.807) is 31.6 Å². The molecule has 0 aromatic carbocycles. The number of amides is 1. The monoisotopic (exact) mass is 335 g/mol. The Kier molecular flexibility index (Phi) is 3.89. The summed E-state index contributed by atoms with van der Waals surface area (Å²) in [5.41, 5.74) is 5.00. The fraction of sp³-hybridized carbons (Fsp3) is 0.222. The average Bonchev–Trinajstić information content (AvgIpc) is 2.98. The van der Waals surface area contributed by atoms with Gasteiger partial charge in [0.25, 0.3) is 5.91 Å². The molecule has 0 bridgehead atoms. The van der Waals surface area contributed by atoms with E-state index < -0.39 is 0 Å². The van der Waals surface area contributed by atoms with Crippen LogP contribution in [0, 0.1) is 0 Å². The molecule has 7 heteroatoms. The Morgan fingerprint density at radius 2 is 2.16 bits per heavy atom. The molecule has 3 aromatic rings. The second kappa shape index (κ2) is 6.35. The molecule has 3 aromatic heterocycles. The van der Waals surface area contributed by atoms with Gasteiger partial charge in [0.05, 0.1) is 30.3 Å². The van der Waals surface area contributed by atoms with Crippen LogP contribution in [0.3, 0.4) is 0 Å². The Morgan fingerprint density at radius 1 is 1.24 bits per heavy atom. The molecular formula is C18H17N5O2. The smallest absolute Gasteiger partial charge is 0.257 e. The lowest BCUT2D eigenvalue weighted by atomic mass is 10.0. The average molecular weight is 335 g/mol. The number of carbonyl (C=O) groups excluding carboxylic acids is 1. The summed E-state index contributed by atoms with van der Waals surface area (Å²) < 4.78 is 5.03. The number of rotatable bonds is 3. The molecule has 1 aliphatic rings. The predicted molar refractivity (Wildman–Crippen MR) is 92.6 cm³/mol. The number of hydrogen-bond donors (Lipinski definition) is 2. The Morgan fingerprint density at radius 3 is 2.96 bits per heavy atom. The van der Waals surface area contributed by atoms with Crippen molar-refractivity contribution in [1.82, 2.24) is 19.9 Å². The SMILES string of the molecule is COc1ccc(NC(=O)c2c[nH]c3c2-c2ncncc2CCC3)cn1. The van der Waals surface area contributed by atoms with Crippen LogP contribution < -0.4 is 10.1 Å². The molecular weight excluding hydrogens is 318 g/mol. The summed E-state index contributed by atoms with van der Waals surface area (Å²) in [6.45, 7) is 0. The third-order valence-corrected chi connectivity index (χ3v) is 4.31. The Bertz CT molecular complexity index is 917. The van der Waals surface area contributed by atoms with Crippen LogP contribution in [-0.2, 0) is 12.8 Å². The first kappa shape index (κ1) is 15.3. The van der Waals surface area contributed by atoms with Gasteiger partial charge in [-0.2, -0.15) is 0 Å². The molecule has 0 radical (unpaired) electrons. The van der Waals surface area contributed by atoms with Gasteiger partial charge in [-0.1, -0.05) is 0 Å². The molecule has 126 valence electrons. The molecule has 0 unspecified atom stereocenters. The van der Waals surface area contributed by atoms with Gasteiger partial charge in [0.15, 0.2) is 0 Å². The topological polar surface area (TPSA) is 92.8 Å². The summed E-state index contributed by atoms with van der Waals surface area (Å²) in [5.74, 6) is 0.301. The van der Waals surface area contributed by atoms with Gasteiger partial charge in [0.2, 0.25) is 5.88 Å². The first-order valence-corrected chi connectivity index (χ1v) is 8.07. The van der Waals surface area contributed by atoms with Gasteiger partial charge in [0, 0.05) is 29.7 Å². The number of H-pyrrole nitrogens is 1. The number of aryl methyl sites for hydroxylation is 2. The number of fused-ring (bicyclic) bond motifs is 3. The van der Waals surface area contributed by atoms with E-state index in [1.807, 2.05) is 6.20 Å². The van der Waals surface area contributed by atoms with E-state index >= 15 is 0 Å². The van der Waals surface area contributed by atoms with Crippen LogP contribution in [0.15, 0.2) is 37.1 Å². The molecule has 0 fully saturated rings. The second-order valence-electron chi connectivity index (χ2n) is 5.85. The highest BCUT2D eigenvalue weighted by molar-refractivity contribution is 6.09. The van der Waals surface area contributed by atoms with Crippen molar-refractivity contribution in [3.63, 3.8) is 0 Å². The van der Waals surface area contributed by atoms with Crippen molar-refractivity contribution >= 4 is 11.6 Å². The molecule has 3 heterocycles. The van der Waals surface area contributed by atoms with Crippen LogP contribution in [0.5, 0.6) is 5.88 Å². The fourth-order valence-corrected chi connectivity index (χ4v) is 3.11. The molecule has 1 aliphatic carbocycles. The zero-order valence-electron chi connectivity index (χ0n) is 13.7. The predicted octanol–water partition coefficient (Wildman–Crippen LogP) is 2.62. The van der Waals surface area contributed by atoms with E-state index in [2.05, 4.69) is 25.3 Å². The van der Waals surface area contributed by atoms with E-state index in [9.17, 15) is 4.79 Å². The third kappa shape index (κ3) is 2.84. The molecule has 7 nitrogen and oxygen atoms in total. The van der Waals surface area contributed by atoms with Gasteiger partial charge in [-0.3, -0.25) is 4.79 Å². The summed E-state index contributed by atoms with van der Waals surface area (Å²) >= 11 is 0. The van der Waals surface area contributed by atoms with Crippen molar-refractivity contribution in [1.29, 1.82) is 0 Å². The number of hydrogen-bond acceptors (Lipinski definition) is 5. The molecule has 0 saturated carbocycles. The van der Waals surface area contributed by atoms with E-state index in [-0.39, 0.29) is 5.91 Å². The largest absolute Gasteiger partial charge is 0.481 e. The molecule has 1 amide bonds. The van der Waals surface area contributed by atoms with Crippen molar-refractivity contribution in [2.45, 2.75) is 19.3 Å². The molecule has 25 heavy (non-hydrogen) atoms. The maximum Gasteiger partial charge on any atom is 0.257 e. The van der Waals surface area contributed by atoms with E-state index in [0.29, 0.717) is 17.1 Å². The molecule has 0 atom stereocenters. The van der Waals surface area contributed by atoms with Crippen molar-refractivity contribution < 1.29 is 9.53 Å². The lowest BCUT2D eigenvalue weighted by Crippen LogP contribution is -2.13. The van der Waals surface area contributed by atoms with Crippen molar-refractivity contribution in [2.24, 2.45) is 0 Å². The highest BCUT2D eigenvalue weighted by Gasteiger charge is 2.24. The number of ether oxygens (including phenoxy) is 1. The van der Waals surface area contributed by atoms with Crippen LogP contribution >= 0.6 is 0 Å². The molecule has 0 aliphatic heterocycles. The zero-order valence-corrected chi connectivity index (χ0v) is 13.7. The number of aromatic nitrogens is 4. The van der Waals surface area contributed by atoms with Gasteiger partial charge in [-0.25, -0.2) is 15.0 Å². The minimum absolute atomic E-state index is 0.198. The first-order valence-electron chi connectivity index (χ1n) is 8.07. The van der Waals surface area contributed by atoms with Crippen LogP contribution in [0.25, 0.3) is 11.3 Å². The van der Waals surface area contributed by atoms with Gasteiger partial charge < -0.3 is 15.0 Å². The number of carbonyl (C=O) groups is 1. The number of aromatic amines is 1. The Balaban J connectivity index is 1.68. The molecule has 2 N–H and O–H groups in total. The second-order valence-corrected chi connectivity index (χ2v) is 5.85. The molecule has 0 saturated heterocycles. The quantitative estimate of drug-likeness (QED) is 0.767. The number of nitrogens with zero attached hydrogens (tertiary/aromatic N) is 3. The summed E-state index contributed by atoms with van der Waals surface area (Å²) in [6, 6.07) is 3.46. The lowest BCUT2D eigenvalue weighted by molar-refractivity contribution is 0.102. The van der Waals surface area contributed by atoms with Crippen LogP contribution in [-0.4, -0.2) is 33.0 Å². The Hall–Kier alpha value is -3.22. The highest BCUT2D eigenvalue weighted by atomic mass is 16.5. The molecule has 0 spiro atoms. The van der Waals surface area contributed by atoms with Crippen molar-refractivity contribution in [3.8, 4) is 17.1 Å². The van der Waals surface area contributed by atoms with Gasteiger partial charge >= 0.3 is 0 Å². The number of nitrogens with one attached hydrogen (secondary N) is 2. The summed E-state index contributed by atoms with van der Waals surface area (Å²) in [4.78, 5) is 28.7. The van der Waals surface area contributed by atoms with Crippen molar-refractivity contribution in [3.05, 3.63) is 53.9 Å². The third-order valence-electron chi connectivity index (χ3n) is 4.31. The van der Waals surface area contributed by atoms with E-state index in [4.69, 9.17) is 4.74 Å². The van der Waals surface area contributed by atoms with E-state index in [0.717, 1.165) is 41.8 Å². The summed E-state index contributed by atoms with van der Waals surface area (Å²) in [7, 11) is 1.55. The maximum absolute atomic E-state index is 12.8.